The van der Waals surface area contributed by atoms with Crippen LogP contribution < -0.4 is 5.14 Å². The van der Waals surface area contributed by atoms with Crippen LogP contribution in [-0.2, 0) is 10.0 Å². The molecule has 0 radical (unpaired) electrons. The van der Waals surface area contributed by atoms with Crippen LogP contribution >= 0.6 is 0 Å². The number of amides is 1. The van der Waals surface area contributed by atoms with E-state index in [1.165, 1.54) is 17.0 Å². The van der Waals surface area contributed by atoms with Gasteiger partial charge in [0.2, 0.25) is 10.0 Å². The molecule has 0 saturated carbocycles. The van der Waals surface area contributed by atoms with E-state index in [4.69, 9.17) is 5.14 Å². The van der Waals surface area contributed by atoms with Crippen LogP contribution in [0.3, 0.4) is 0 Å². The van der Waals surface area contributed by atoms with E-state index in [1.54, 1.807) is 12.1 Å². The summed E-state index contributed by atoms with van der Waals surface area (Å²) in [5.41, 5.74) is 0.343. The van der Waals surface area contributed by atoms with Crippen LogP contribution in [0.4, 0.5) is 0 Å². The minimum absolute atomic E-state index is 0.00542. The number of sulfonamides is 1. The number of likely N-dealkylation sites (tertiary alicyclic amines) is 1. The van der Waals surface area contributed by atoms with E-state index in [0.717, 1.165) is 0 Å². The summed E-state index contributed by atoms with van der Waals surface area (Å²) in [5.74, 6) is -0.282. The molecule has 1 aliphatic rings. The summed E-state index contributed by atoms with van der Waals surface area (Å²) in [6.45, 7) is 0.605. The molecule has 1 amide bonds. The van der Waals surface area contributed by atoms with E-state index in [0.29, 0.717) is 24.9 Å². The summed E-state index contributed by atoms with van der Waals surface area (Å²) in [4.78, 5) is 13.7. The van der Waals surface area contributed by atoms with Crippen molar-refractivity contribution in [2.45, 2.75) is 18.1 Å². The maximum absolute atomic E-state index is 12.2. The number of nitrogens with two attached hydrogens (primary N) is 1. The summed E-state index contributed by atoms with van der Waals surface area (Å²) < 4.78 is 22.7. The van der Waals surface area contributed by atoms with Crippen molar-refractivity contribution in [2.75, 3.05) is 13.1 Å². The zero-order valence-corrected chi connectivity index (χ0v) is 11.1. The molecule has 1 saturated heterocycles. The summed E-state index contributed by atoms with van der Waals surface area (Å²) in [5, 5.41) is 13.8. The predicted molar refractivity (Wildman–Crippen MR) is 70.1 cm³/mol. The van der Waals surface area contributed by atoms with Crippen molar-refractivity contribution in [3.63, 3.8) is 0 Å². The van der Waals surface area contributed by atoms with Crippen LogP contribution in [-0.4, -0.2) is 42.7 Å². The topological polar surface area (TPSA) is 101 Å². The van der Waals surface area contributed by atoms with Crippen molar-refractivity contribution in [1.29, 1.82) is 0 Å². The van der Waals surface area contributed by atoms with Crippen molar-refractivity contribution in [3.8, 4) is 5.75 Å². The second kappa shape index (κ2) is 5.18. The zero-order chi connectivity index (χ0) is 14.0. The Labute approximate surface area is 111 Å². The van der Waals surface area contributed by atoms with Gasteiger partial charge in [-0.3, -0.25) is 4.79 Å². The van der Waals surface area contributed by atoms with Gasteiger partial charge >= 0.3 is 0 Å². The van der Waals surface area contributed by atoms with Gasteiger partial charge in [-0.05, 0) is 31.0 Å². The first kappa shape index (κ1) is 13.8. The Balaban J connectivity index is 2.16. The Hall–Kier alpha value is -1.60. The number of hydrogen-bond donors (Lipinski definition) is 2. The highest BCUT2D eigenvalue weighted by Gasteiger charge is 2.30. The highest BCUT2D eigenvalue weighted by Crippen LogP contribution is 2.19. The minimum atomic E-state index is -3.63. The third kappa shape index (κ3) is 3.24. The van der Waals surface area contributed by atoms with Crippen LogP contribution in [0.25, 0.3) is 0 Å². The van der Waals surface area contributed by atoms with Crippen LogP contribution in [0.1, 0.15) is 23.2 Å². The number of primary sulfonamides is 1. The first-order valence-corrected chi connectivity index (χ1v) is 7.59. The smallest absolute Gasteiger partial charge is 0.254 e. The number of benzene rings is 1. The number of phenolic OH excluding ortho intramolecular Hbond substituents is 1. The number of phenols is 1. The molecule has 1 aromatic carbocycles. The molecule has 3 N–H and O–H groups in total. The second-order valence-electron chi connectivity index (χ2n) is 4.65. The molecule has 1 atom stereocenters. The molecule has 19 heavy (non-hydrogen) atoms. The van der Waals surface area contributed by atoms with E-state index in [-0.39, 0.29) is 18.2 Å². The molecule has 0 spiro atoms. The fraction of sp³-hybridized carbons (Fsp3) is 0.417. The van der Waals surface area contributed by atoms with Crippen LogP contribution in [0.5, 0.6) is 5.75 Å². The van der Waals surface area contributed by atoms with E-state index < -0.39 is 15.3 Å². The van der Waals surface area contributed by atoms with Gasteiger partial charge in [0.15, 0.2) is 0 Å². The van der Waals surface area contributed by atoms with Gasteiger partial charge in [0.25, 0.3) is 5.91 Å². The summed E-state index contributed by atoms with van der Waals surface area (Å²) in [6.07, 6.45) is 1.08. The fourth-order valence-electron chi connectivity index (χ4n) is 2.21. The number of aromatic hydroxyl groups is 1. The lowest BCUT2D eigenvalue weighted by atomic mass is 10.1. The highest BCUT2D eigenvalue weighted by atomic mass is 32.2. The first-order valence-electron chi connectivity index (χ1n) is 5.98. The number of carbonyl (C=O) groups is 1. The lowest BCUT2D eigenvalue weighted by Crippen LogP contribution is -2.47. The SMILES string of the molecule is NS(=O)(=O)C1CCCN(C(=O)c2cccc(O)c2)C1. The molecular weight excluding hydrogens is 268 g/mol. The molecule has 0 aromatic heterocycles. The van der Waals surface area contributed by atoms with Crippen LogP contribution in [0, 0.1) is 0 Å². The summed E-state index contributed by atoms with van der Waals surface area (Å²) >= 11 is 0. The molecule has 0 bridgehead atoms. The van der Waals surface area contributed by atoms with Crippen molar-refractivity contribution in [1.82, 2.24) is 4.90 Å². The Morgan fingerprint density at radius 2 is 2.16 bits per heavy atom. The van der Waals surface area contributed by atoms with E-state index in [1.807, 2.05) is 0 Å². The van der Waals surface area contributed by atoms with Gasteiger partial charge in [-0.1, -0.05) is 6.07 Å². The quantitative estimate of drug-likeness (QED) is 0.814. The molecule has 2 rings (SSSR count). The van der Waals surface area contributed by atoms with Crippen molar-refractivity contribution in [2.24, 2.45) is 5.14 Å². The molecule has 104 valence electrons. The molecule has 1 unspecified atom stereocenters. The molecular formula is C12H16N2O4S. The van der Waals surface area contributed by atoms with Crippen molar-refractivity contribution < 1.29 is 18.3 Å². The van der Waals surface area contributed by atoms with Crippen molar-refractivity contribution >= 4 is 15.9 Å². The van der Waals surface area contributed by atoms with Gasteiger partial charge < -0.3 is 10.0 Å². The van der Waals surface area contributed by atoms with Crippen LogP contribution in [0.2, 0.25) is 0 Å². The van der Waals surface area contributed by atoms with Gasteiger partial charge in [-0.15, -0.1) is 0 Å². The second-order valence-corrected chi connectivity index (χ2v) is 6.50. The Morgan fingerprint density at radius 3 is 2.79 bits per heavy atom. The monoisotopic (exact) mass is 284 g/mol. The third-order valence-electron chi connectivity index (χ3n) is 3.22. The molecule has 1 aromatic rings. The van der Waals surface area contributed by atoms with E-state index in [9.17, 15) is 18.3 Å². The maximum Gasteiger partial charge on any atom is 0.254 e. The maximum atomic E-state index is 12.2. The standard InChI is InChI=1S/C12H16N2O4S/c13-19(17,18)11-5-2-6-14(8-11)12(16)9-3-1-4-10(15)7-9/h1,3-4,7,11,15H,2,5-6,8H2,(H2,13,17,18). The van der Waals surface area contributed by atoms with Crippen molar-refractivity contribution in [3.05, 3.63) is 29.8 Å². The number of carbonyl (C=O) groups excluding carboxylic acids is 1. The Bertz CT molecular complexity index is 585. The molecule has 7 heteroatoms. The third-order valence-corrected chi connectivity index (χ3v) is 4.54. The van der Waals surface area contributed by atoms with E-state index >= 15 is 0 Å². The Kier molecular flexibility index (Phi) is 3.77. The summed E-state index contributed by atoms with van der Waals surface area (Å²) in [6, 6.07) is 6.00. The number of rotatable bonds is 2. The fourth-order valence-corrected chi connectivity index (χ4v) is 3.10. The molecule has 1 heterocycles. The molecule has 6 nitrogen and oxygen atoms in total. The lowest BCUT2D eigenvalue weighted by molar-refractivity contribution is 0.0726. The minimum Gasteiger partial charge on any atom is -0.508 e. The van der Waals surface area contributed by atoms with Gasteiger partial charge in [0, 0.05) is 18.7 Å². The molecule has 0 aliphatic carbocycles. The largest absolute Gasteiger partial charge is 0.508 e. The highest BCUT2D eigenvalue weighted by molar-refractivity contribution is 7.89. The lowest BCUT2D eigenvalue weighted by Gasteiger charge is -2.31. The molecule has 1 fully saturated rings. The normalized spacial score (nSPS) is 20.3. The van der Waals surface area contributed by atoms with Crippen LogP contribution in [0.15, 0.2) is 24.3 Å². The average molecular weight is 284 g/mol. The van der Waals surface area contributed by atoms with Gasteiger partial charge in [0.1, 0.15) is 5.75 Å². The number of hydrogen-bond acceptors (Lipinski definition) is 4. The van der Waals surface area contributed by atoms with Gasteiger partial charge in [0.05, 0.1) is 5.25 Å². The number of piperidine rings is 1. The predicted octanol–water partition coefficient (Wildman–Crippen LogP) is 0.285. The number of nitrogens with zero attached hydrogens (tertiary/aromatic N) is 1. The zero-order valence-electron chi connectivity index (χ0n) is 10.3. The van der Waals surface area contributed by atoms with E-state index in [2.05, 4.69) is 0 Å². The molecule has 1 aliphatic heterocycles. The Morgan fingerprint density at radius 1 is 1.42 bits per heavy atom. The van der Waals surface area contributed by atoms with Gasteiger partial charge in [-0.25, -0.2) is 13.6 Å². The first-order chi connectivity index (χ1) is 8.88. The average Bonchev–Trinajstić information content (AvgIpc) is 2.37. The van der Waals surface area contributed by atoms with Gasteiger partial charge in [-0.2, -0.15) is 0 Å². The summed E-state index contributed by atoms with van der Waals surface area (Å²) in [7, 11) is -3.63.